The molecule has 1 amide bonds. The third-order valence-corrected chi connectivity index (χ3v) is 2.84. The summed E-state index contributed by atoms with van der Waals surface area (Å²) in [5.41, 5.74) is 11.9. The summed E-state index contributed by atoms with van der Waals surface area (Å²) in [6.45, 7) is 2.12. The van der Waals surface area contributed by atoms with Gasteiger partial charge in [-0.3, -0.25) is 15.6 Å². The molecule has 4 N–H and O–H groups in total. The van der Waals surface area contributed by atoms with Gasteiger partial charge in [-0.2, -0.15) is 0 Å². The van der Waals surface area contributed by atoms with Crippen molar-refractivity contribution in [1.82, 2.24) is 25.4 Å². The number of carbonyl (C=O) groups is 1. The molecule has 2 aromatic heterocycles. The fourth-order valence-corrected chi connectivity index (χ4v) is 1.78. The van der Waals surface area contributed by atoms with Crippen LogP contribution in [0.2, 0.25) is 0 Å². The zero-order valence-corrected chi connectivity index (χ0v) is 11.9. The van der Waals surface area contributed by atoms with E-state index in [2.05, 4.69) is 33.1 Å². The maximum absolute atomic E-state index is 11.8. The minimum atomic E-state index is -0.249. The summed E-state index contributed by atoms with van der Waals surface area (Å²) in [4.78, 5) is 15.8. The molecule has 0 aliphatic rings. The van der Waals surface area contributed by atoms with Gasteiger partial charge < -0.3 is 5.73 Å². The van der Waals surface area contributed by atoms with Gasteiger partial charge in [-0.25, -0.2) is 9.67 Å². The zero-order valence-electron chi connectivity index (χ0n) is 11.9. The smallest absolute Gasteiger partial charge is 0.260 e. The highest BCUT2D eigenvalue weighted by Gasteiger charge is 2.11. The Balaban J connectivity index is 1.83. The van der Waals surface area contributed by atoms with Crippen LogP contribution in [0.4, 0.5) is 5.82 Å². The average Bonchev–Trinajstić information content (AvgIpc) is 2.95. The molecule has 0 spiro atoms. The molecule has 0 saturated carbocycles. The van der Waals surface area contributed by atoms with E-state index in [-0.39, 0.29) is 18.5 Å². The van der Waals surface area contributed by atoms with Gasteiger partial charge in [-0.1, -0.05) is 24.6 Å². The topological polar surface area (TPSA) is 111 Å². The highest BCUT2D eigenvalue weighted by atomic mass is 16.2. The highest BCUT2D eigenvalue weighted by Crippen LogP contribution is 2.11. The van der Waals surface area contributed by atoms with E-state index in [0.29, 0.717) is 11.5 Å². The van der Waals surface area contributed by atoms with Crippen LogP contribution in [-0.4, -0.2) is 25.9 Å². The van der Waals surface area contributed by atoms with Gasteiger partial charge in [0.25, 0.3) is 5.91 Å². The predicted octanol–water partition coefficient (Wildman–Crippen LogP) is 0.616. The lowest BCUT2D eigenvalue weighted by molar-refractivity contribution is -0.121. The van der Waals surface area contributed by atoms with Crippen LogP contribution >= 0.6 is 0 Å². The lowest BCUT2D eigenvalue weighted by Crippen LogP contribution is -2.33. The first kappa shape index (κ1) is 14.9. The van der Waals surface area contributed by atoms with Crippen molar-refractivity contribution < 1.29 is 4.79 Å². The Bertz CT molecular complexity index is 569. The number of hydrogen-bond acceptors (Lipinski definition) is 6. The first-order valence-corrected chi connectivity index (χ1v) is 6.80. The monoisotopic (exact) mass is 289 g/mol. The van der Waals surface area contributed by atoms with Crippen LogP contribution in [0, 0.1) is 0 Å². The Morgan fingerprint density at radius 3 is 3.05 bits per heavy atom. The Kier molecular flexibility index (Phi) is 5.22. The maximum Gasteiger partial charge on any atom is 0.260 e. The molecule has 2 heterocycles. The number of nitrogens with two attached hydrogens (primary N) is 1. The number of anilines is 1. The van der Waals surface area contributed by atoms with Gasteiger partial charge in [-0.05, 0) is 18.6 Å². The van der Waals surface area contributed by atoms with Crippen molar-refractivity contribution in [2.75, 3.05) is 5.43 Å². The Hall–Kier alpha value is -2.48. The lowest BCUT2D eigenvalue weighted by atomic mass is 10.1. The number of carbonyl (C=O) groups excluding carboxylic acids is 1. The summed E-state index contributed by atoms with van der Waals surface area (Å²) in [5.74, 6) is 0.316. The molecular weight excluding hydrogens is 270 g/mol. The molecule has 0 aliphatic carbocycles. The third kappa shape index (κ3) is 4.53. The van der Waals surface area contributed by atoms with E-state index in [1.165, 1.54) is 4.68 Å². The molecule has 8 nitrogen and oxygen atoms in total. The van der Waals surface area contributed by atoms with Gasteiger partial charge in [0.05, 0.1) is 17.9 Å². The van der Waals surface area contributed by atoms with Crippen molar-refractivity contribution in [3.05, 3.63) is 36.3 Å². The van der Waals surface area contributed by atoms with E-state index in [1.807, 2.05) is 6.07 Å². The molecule has 112 valence electrons. The van der Waals surface area contributed by atoms with E-state index >= 15 is 0 Å². The van der Waals surface area contributed by atoms with E-state index in [4.69, 9.17) is 5.73 Å². The third-order valence-electron chi connectivity index (χ3n) is 2.84. The molecule has 1 atom stereocenters. The summed E-state index contributed by atoms with van der Waals surface area (Å²) in [6.07, 6.45) is 5.14. The number of hydrogen-bond donors (Lipinski definition) is 3. The second kappa shape index (κ2) is 7.34. The number of amides is 1. The summed E-state index contributed by atoms with van der Waals surface area (Å²) in [5, 5.41) is 7.88. The molecule has 2 aromatic rings. The van der Waals surface area contributed by atoms with Gasteiger partial charge in [-0.15, -0.1) is 5.10 Å². The van der Waals surface area contributed by atoms with E-state index < -0.39 is 0 Å². The minimum Gasteiger partial charge on any atom is -0.323 e. The van der Waals surface area contributed by atoms with Gasteiger partial charge in [0.2, 0.25) is 0 Å². The van der Waals surface area contributed by atoms with Crippen LogP contribution in [-0.2, 0) is 11.3 Å². The first-order valence-electron chi connectivity index (χ1n) is 6.80. The van der Waals surface area contributed by atoms with Crippen LogP contribution in [0.15, 0.2) is 30.6 Å². The van der Waals surface area contributed by atoms with Crippen LogP contribution in [0.1, 0.15) is 31.5 Å². The zero-order chi connectivity index (χ0) is 15.1. The average molecular weight is 289 g/mol. The molecule has 21 heavy (non-hydrogen) atoms. The molecule has 0 fully saturated rings. The van der Waals surface area contributed by atoms with Crippen molar-refractivity contribution in [3.8, 4) is 0 Å². The number of aromatic nitrogens is 4. The molecule has 2 rings (SSSR count). The van der Waals surface area contributed by atoms with Gasteiger partial charge in [0, 0.05) is 6.20 Å². The second-order valence-electron chi connectivity index (χ2n) is 4.62. The van der Waals surface area contributed by atoms with Crippen molar-refractivity contribution in [1.29, 1.82) is 0 Å². The number of hydrazine groups is 1. The molecule has 0 saturated heterocycles. The van der Waals surface area contributed by atoms with Crippen molar-refractivity contribution in [2.45, 2.75) is 32.4 Å². The van der Waals surface area contributed by atoms with Crippen LogP contribution in [0.5, 0.6) is 0 Å². The van der Waals surface area contributed by atoms with Crippen molar-refractivity contribution in [3.63, 3.8) is 0 Å². The normalized spacial score (nSPS) is 11.9. The fourth-order valence-electron chi connectivity index (χ4n) is 1.78. The quantitative estimate of drug-likeness (QED) is 0.644. The van der Waals surface area contributed by atoms with E-state index in [0.717, 1.165) is 12.8 Å². The Labute approximate surface area is 122 Å². The van der Waals surface area contributed by atoms with Crippen LogP contribution < -0.4 is 16.6 Å². The second-order valence-corrected chi connectivity index (χ2v) is 4.62. The fraction of sp³-hybridized carbons (Fsp3) is 0.385. The standard InChI is InChI=1S/C13H19N7O/c1-2-5-10(14)11-8-20(19-16-11)9-13(21)18-17-12-6-3-4-7-15-12/h3-4,6-8,10H,2,5,9,14H2,1H3,(H,15,17)(H,18,21). The van der Waals surface area contributed by atoms with Crippen LogP contribution in [0.3, 0.4) is 0 Å². The number of nitrogens with zero attached hydrogens (tertiary/aromatic N) is 4. The molecule has 8 heteroatoms. The van der Waals surface area contributed by atoms with Gasteiger partial charge >= 0.3 is 0 Å². The number of rotatable bonds is 7. The van der Waals surface area contributed by atoms with Gasteiger partial charge in [0.15, 0.2) is 0 Å². The largest absolute Gasteiger partial charge is 0.323 e. The van der Waals surface area contributed by atoms with Crippen molar-refractivity contribution >= 4 is 11.7 Å². The lowest BCUT2D eigenvalue weighted by Gasteiger charge is -2.07. The predicted molar refractivity (Wildman–Crippen MR) is 77.9 cm³/mol. The molecular formula is C13H19N7O. The highest BCUT2D eigenvalue weighted by molar-refractivity contribution is 5.76. The molecule has 0 aliphatic heterocycles. The number of nitrogens with one attached hydrogen (secondary N) is 2. The molecule has 0 radical (unpaired) electrons. The summed E-state index contributed by atoms with van der Waals surface area (Å²) in [6, 6.07) is 5.22. The van der Waals surface area contributed by atoms with Crippen LogP contribution in [0.25, 0.3) is 0 Å². The minimum absolute atomic E-state index is 0.0612. The SMILES string of the molecule is CCCC(N)c1cn(CC(=O)NNc2ccccn2)nn1. The molecule has 0 bridgehead atoms. The van der Waals surface area contributed by atoms with E-state index in [1.54, 1.807) is 24.5 Å². The van der Waals surface area contributed by atoms with E-state index in [9.17, 15) is 4.79 Å². The summed E-state index contributed by atoms with van der Waals surface area (Å²) in [7, 11) is 0. The molecule has 0 aromatic carbocycles. The number of pyridine rings is 1. The molecule has 1 unspecified atom stereocenters. The summed E-state index contributed by atoms with van der Waals surface area (Å²) < 4.78 is 1.46. The maximum atomic E-state index is 11.8. The van der Waals surface area contributed by atoms with Crippen molar-refractivity contribution in [2.24, 2.45) is 5.73 Å². The van der Waals surface area contributed by atoms with Gasteiger partial charge in [0.1, 0.15) is 12.4 Å². The Morgan fingerprint density at radius 2 is 2.33 bits per heavy atom. The Morgan fingerprint density at radius 1 is 1.48 bits per heavy atom. The summed E-state index contributed by atoms with van der Waals surface area (Å²) >= 11 is 0. The first-order chi connectivity index (χ1) is 10.2.